The topological polar surface area (TPSA) is 37.8 Å². The van der Waals surface area contributed by atoms with Gasteiger partial charge in [-0.25, -0.2) is 9.97 Å². The van der Waals surface area contributed by atoms with Crippen LogP contribution in [-0.4, -0.2) is 16.5 Å². The van der Waals surface area contributed by atoms with Crippen LogP contribution in [0.3, 0.4) is 0 Å². The number of hydrogen-bond acceptors (Lipinski definition) is 3. The van der Waals surface area contributed by atoms with Crippen LogP contribution in [-0.2, 0) is 0 Å². The van der Waals surface area contributed by atoms with Gasteiger partial charge in [-0.15, -0.1) is 0 Å². The monoisotopic (exact) mass is 255 g/mol. The Morgan fingerprint density at radius 3 is 2.41 bits per heavy atom. The lowest BCUT2D eigenvalue weighted by Crippen LogP contribution is -2.14. The summed E-state index contributed by atoms with van der Waals surface area (Å²) in [5.74, 6) is 2.61. The second-order valence-electron chi connectivity index (χ2n) is 4.65. The van der Waals surface area contributed by atoms with Crippen molar-refractivity contribution in [2.75, 3.05) is 11.9 Å². The zero-order valence-electron chi connectivity index (χ0n) is 11.1. The minimum atomic E-state index is 0.294. The third kappa shape index (κ3) is 4.50. The van der Waals surface area contributed by atoms with Crippen molar-refractivity contribution >= 4 is 17.4 Å². The maximum Gasteiger partial charge on any atom is 0.135 e. The molecule has 0 aliphatic rings. The van der Waals surface area contributed by atoms with E-state index in [1.54, 1.807) is 6.07 Å². The lowest BCUT2D eigenvalue weighted by atomic mass is 10.0. The van der Waals surface area contributed by atoms with Gasteiger partial charge in [0.2, 0.25) is 0 Å². The van der Waals surface area contributed by atoms with Gasteiger partial charge in [0.15, 0.2) is 0 Å². The van der Waals surface area contributed by atoms with E-state index in [1.807, 2.05) is 0 Å². The van der Waals surface area contributed by atoms with Gasteiger partial charge in [0.05, 0.1) is 0 Å². The quantitative estimate of drug-likeness (QED) is 0.778. The summed E-state index contributed by atoms with van der Waals surface area (Å²) >= 11 is 5.99. The predicted octanol–water partition coefficient (Wildman–Crippen LogP) is 4.10. The summed E-state index contributed by atoms with van der Waals surface area (Å²) < 4.78 is 0. The molecular formula is C13H22ClN3. The Morgan fingerprint density at radius 2 is 1.88 bits per heavy atom. The average molecular weight is 256 g/mol. The van der Waals surface area contributed by atoms with E-state index in [2.05, 4.69) is 43.0 Å². The van der Waals surface area contributed by atoms with Gasteiger partial charge in [-0.3, -0.25) is 0 Å². The van der Waals surface area contributed by atoms with E-state index in [4.69, 9.17) is 11.6 Å². The highest BCUT2D eigenvalue weighted by Crippen LogP contribution is 2.17. The van der Waals surface area contributed by atoms with Crippen molar-refractivity contribution < 1.29 is 0 Å². The van der Waals surface area contributed by atoms with E-state index in [1.165, 1.54) is 12.8 Å². The molecular weight excluding hydrogens is 234 g/mol. The molecule has 1 rings (SSSR count). The van der Waals surface area contributed by atoms with Crippen LogP contribution in [0.25, 0.3) is 0 Å². The Bertz CT molecular complexity index is 349. The van der Waals surface area contributed by atoms with Gasteiger partial charge in [-0.2, -0.15) is 0 Å². The lowest BCUT2D eigenvalue weighted by Gasteiger charge is -2.14. The van der Waals surface area contributed by atoms with Crippen molar-refractivity contribution in [1.82, 2.24) is 9.97 Å². The van der Waals surface area contributed by atoms with Crippen LogP contribution in [0.15, 0.2) is 6.07 Å². The zero-order chi connectivity index (χ0) is 12.8. The highest BCUT2D eigenvalue weighted by Gasteiger charge is 2.08. The third-order valence-corrected chi connectivity index (χ3v) is 3.15. The first-order chi connectivity index (χ1) is 8.06. The molecule has 0 aliphatic carbocycles. The molecule has 0 radical (unpaired) electrons. The van der Waals surface area contributed by atoms with Crippen molar-refractivity contribution in [1.29, 1.82) is 0 Å². The van der Waals surface area contributed by atoms with E-state index in [0.717, 1.165) is 18.2 Å². The molecule has 0 saturated heterocycles. The lowest BCUT2D eigenvalue weighted by molar-refractivity contribution is 0.518. The summed E-state index contributed by atoms with van der Waals surface area (Å²) in [7, 11) is 0. The Hall–Kier alpha value is -0.830. The number of hydrogen-bond donors (Lipinski definition) is 1. The Labute approximate surface area is 109 Å². The molecule has 0 spiro atoms. The molecule has 0 atom stereocenters. The molecule has 0 bridgehead atoms. The Morgan fingerprint density at radius 1 is 1.24 bits per heavy atom. The first-order valence-corrected chi connectivity index (χ1v) is 6.72. The maximum atomic E-state index is 5.99. The van der Waals surface area contributed by atoms with Crippen LogP contribution in [0.5, 0.6) is 0 Å². The molecule has 4 heteroatoms. The average Bonchev–Trinajstić information content (AvgIpc) is 2.29. The van der Waals surface area contributed by atoms with Crippen molar-refractivity contribution in [2.45, 2.75) is 46.5 Å². The Balaban J connectivity index is 2.70. The standard InChI is InChI=1S/C13H22ClN3/c1-5-10(6-2)8-15-12-7-11(14)16-13(17-12)9(3)4/h7,9-10H,5-6,8H2,1-4H3,(H,15,16,17). The summed E-state index contributed by atoms with van der Waals surface area (Å²) in [6.07, 6.45) is 2.36. The van der Waals surface area contributed by atoms with Gasteiger partial charge < -0.3 is 5.32 Å². The molecule has 0 fully saturated rings. The van der Waals surface area contributed by atoms with Crippen molar-refractivity contribution in [2.24, 2.45) is 5.92 Å². The fraction of sp³-hybridized carbons (Fsp3) is 0.692. The predicted molar refractivity (Wildman–Crippen MR) is 73.7 cm³/mol. The first-order valence-electron chi connectivity index (χ1n) is 6.35. The molecule has 0 saturated carbocycles. The molecule has 0 aromatic carbocycles. The van der Waals surface area contributed by atoms with Crippen molar-refractivity contribution in [3.63, 3.8) is 0 Å². The van der Waals surface area contributed by atoms with Gasteiger partial charge in [0.1, 0.15) is 16.8 Å². The summed E-state index contributed by atoms with van der Waals surface area (Å²) in [6, 6.07) is 1.79. The first kappa shape index (κ1) is 14.2. The third-order valence-electron chi connectivity index (χ3n) is 2.96. The van der Waals surface area contributed by atoms with Crippen LogP contribution in [0.2, 0.25) is 5.15 Å². The van der Waals surface area contributed by atoms with Crippen molar-refractivity contribution in [3.05, 3.63) is 17.0 Å². The number of rotatable bonds is 6. The molecule has 1 heterocycles. The highest BCUT2D eigenvalue weighted by atomic mass is 35.5. The summed E-state index contributed by atoms with van der Waals surface area (Å²) in [6.45, 7) is 9.50. The van der Waals surface area contributed by atoms with Gasteiger partial charge in [-0.05, 0) is 5.92 Å². The fourth-order valence-corrected chi connectivity index (χ4v) is 1.80. The minimum Gasteiger partial charge on any atom is -0.370 e. The van der Waals surface area contributed by atoms with Crippen molar-refractivity contribution in [3.8, 4) is 0 Å². The maximum absolute atomic E-state index is 5.99. The van der Waals surface area contributed by atoms with Gasteiger partial charge >= 0.3 is 0 Å². The molecule has 0 amide bonds. The molecule has 0 aliphatic heterocycles. The van der Waals surface area contributed by atoms with Crippen LogP contribution >= 0.6 is 11.6 Å². The van der Waals surface area contributed by atoms with Crippen LogP contribution in [0, 0.1) is 5.92 Å². The Kier molecular flexibility index (Phi) is 5.69. The normalized spacial score (nSPS) is 11.2. The number of anilines is 1. The minimum absolute atomic E-state index is 0.294. The fourth-order valence-electron chi connectivity index (χ4n) is 1.61. The summed E-state index contributed by atoms with van der Waals surface area (Å²) in [4.78, 5) is 8.68. The molecule has 1 N–H and O–H groups in total. The largest absolute Gasteiger partial charge is 0.370 e. The molecule has 17 heavy (non-hydrogen) atoms. The number of aromatic nitrogens is 2. The van der Waals surface area contributed by atoms with Gasteiger partial charge in [0, 0.05) is 18.5 Å². The molecule has 3 nitrogen and oxygen atoms in total. The number of halogens is 1. The van der Waals surface area contributed by atoms with Crippen LogP contribution in [0.1, 0.15) is 52.3 Å². The zero-order valence-corrected chi connectivity index (χ0v) is 11.9. The van der Waals surface area contributed by atoms with Crippen LogP contribution in [0.4, 0.5) is 5.82 Å². The summed E-state index contributed by atoms with van der Waals surface area (Å²) in [5.41, 5.74) is 0. The smallest absolute Gasteiger partial charge is 0.135 e. The molecule has 1 aromatic heterocycles. The SMILES string of the molecule is CCC(CC)CNc1cc(Cl)nc(C(C)C)n1. The van der Waals surface area contributed by atoms with E-state index >= 15 is 0 Å². The van der Waals surface area contributed by atoms with E-state index in [9.17, 15) is 0 Å². The van der Waals surface area contributed by atoms with E-state index in [-0.39, 0.29) is 0 Å². The van der Waals surface area contributed by atoms with Gasteiger partial charge in [0.25, 0.3) is 0 Å². The number of nitrogens with one attached hydrogen (secondary N) is 1. The van der Waals surface area contributed by atoms with Crippen LogP contribution < -0.4 is 5.32 Å². The number of nitrogens with zero attached hydrogens (tertiary/aromatic N) is 2. The molecule has 96 valence electrons. The van der Waals surface area contributed by atoms with Gasteiger partial charge in [-0.1, -0.05) is 52.1 Å². The van der Waals surface area contributed by atoms with E-state index < -0.39 is 0 Å². The summed E-state index contributed by atoms with van der Waals surface area (Å²) in [5, 5.41) is 3.86. The molecule has 1 aromatic rings. The van der Waals surface area contributed by atoms with E-state index in [0.29, 0.717) is 17.0 Å². The molecule has 0 unspecified atom stereocenters. The highest BCUT2D eigenvalue weighted by molar-refractivity contribution is 6.29. The second-order valence-corrected chi connectivity index (χ2v) is 5.04. The second kappa shape index (κ2) is 6.80.